The fourth-order valence-electron chi connectivity index (χ4n) is 1.97. The highest BCUT2D eigenvalue weighted by Crippen LogP contribution is 2.25. The van der Waals surface area contributed by atoms with Gasteiger partial charge in [0.25, 0.3) is 0 Å². The number of halogens is 1. The molecule has 0 spiro atoms. The molecule has 18 heavy (non-hydrogen) atoms. The smallest absolute Gasteiger partial charge is 0.175 e. The largest absolute Gasteiger partial charge is 0.336 e. The molecule has 4 heteroatoms. The quantitative estimate of drug-likeness (QED) is 0.909. The second-order valence-electron chi connectivity index (χ2n) is 4.67. The Morgan fingerprint density at radius 1 is 1.28 bits per heavy atom. The van der Waals surface area contributed by atoms with Crippen LogP contribution in [0.4, 0.5) is 0 Å². The monoisotopic (exact) mass is 307 g/mol. The normalized spacial score (nSPS) is 11.2. The van der Waals surface area contributed by atoms with Gasteiger partial charge in [-0.15, -0.1) is 0 Å². The van der Waals surface area contributed by atoms with Gasteiger partial charge in [0.1, 0.15) is 0 Å². The van der Waals surface area contributed by atoms with Gasteiger partial charge < -0.3 is 10.7 Å². The lowest BCUT2D eigenvalue weighted by Gasteiger charge is -2.06. The van der Waals surface area contributed by atoms with E-state index in [0.29, 0.717) is 12.5 Å². The molecule has 2 aromatic rings. The molecular weight excluding hydrogens is 290 g/mol. The Morgan fingerprint density at radius 3 is 2.50 bits per heavy atom. The lowest BCUT2D eigenvalue weighted by Crippen LogP contribution is -2.04. The Morgan fingerprint density at radius 2 is 1.94 bits per heavy atom. The summed E-state index contributed by atoms with van der Waals surface area (Å²) in [6, 6.07) is 8.57. The van der Waals surface area contributed by atoms with Crippen molar-refractivity contribution < 1.29 is 0 Å². The van der Waals surface area contributed by atoms with Gasteiger partial charge in [0.15, 0.2) is 4.73 Å². The van der Waals surface area contributed by atoms with Crippen molar-refractivity contribution in [1.82, 2.24) is 9.97 Å². The Bertz CT molecular complexity index is 514. The molecule has 1 heterocycles. The maximum atomic E-state index is 5.62. The molecule has 2 rings (SSSR count). The van der Waals surface area contributed by atoms with E-state index in [2.05, 4.69) is 64.0 Å². The first-order valence-corrected chi connectivity index (χ1v) is 6.96. The molecular formula is C14H18BrN3. The zero-order valence-corrected chi connectivity index (χ0v) is 12.3. The molecule has 0 aliphatic rings. The number of nitrogens with two attached hydrogens (primary N) is 1. The second-order valence-corrected chi connectivity index (χ2v) is 5.42. The minimum absolute atomic E-state index is 0.550. The molecule has 0 saturated heterocycles. The Balaban J connectivity index is 2.35. The highest BCUT2D eigenvalue weighted by Gasteiger charge is 2.10. The molecule has 1 aromatic heterocycles. The summed E-state index contributed by atoms with van der Waals surface area (Å²) in [6.45, 7) is 5.01. The van der Waals surface area contributed by atoms with E-state index in [-0.39, 0.29) is 0 Å². The minimum Gasteiger partial charge on any atom is -0.336 e. The Labute approximate surface area is 116 Å². The molecule has 3 nitrogen and oxygen atoms in total. The highest BCUT2D eigenvalue weighted by molar-refractivity contribution is 9.10. The number of hydrogen-bond acceptors (Lipinski definition) is 2. The zero-order chi connectivity index (χ0) is 13.1. The van der Waals surface area contributed by atoms with Crippen LogP contribution in [0.15, 0.2) is 29.0 Å². The van der Waals surface area contributed by atoms with Crippen molar-refractivity contribution in [3.63, 3.8) is 0 Å². The minimum atomic E-state index is 0.550. The number of benzene rings is 1. The molecule has 0 unspecified atom stereocenters. The van der Waals surface area contributed by atoms with Crippen molar-refractivity contribution in [3.05, 3.63) is 40.3 Å². The van der Waals surface area contributed by atoms with Crippen LogP contribution in [0.5, 0.6) is 0 Å². The van der Waals surface area contributed by atoms with E-state index < -0.39 is 0 Å². The average Bonchev–Trinajstić information content (AvgIpc) is 2.71. The van der Waals surface area contributed by atoms with Gasteiger partial charge >= 0.3 is 0 Å². The summed E-state index contributed by atoms with van der Waals surface area (Å²) in [4.78, 5) is 7.69. The van der Waals surface area contributed by atoms with Gasteiger partial charge in [0, 0.05) is 17.7 Å². The summed E-state index contributed by atoms with van der Waals surface area (Å²) in [5, 5.41) is 0. The summed E-state index contributed by atoms with van der Waals surface area (Å²) in [5.74, 6) is 0.550. The predicted octanol–water partition coefficient (Wildman–Crippen LogP) is 3.46. The van der Waals surface area contributed by atoms with Crippen LogP contribution in [0.25, 0.3) is 11.3 Å². The molecule has 0 fully saturated rings. The van der Waals surface area contributed by atoms with Crippen LogP contribution in [0, 0.1) is 0 Å². The number of H-pyrrole nitrogens is 1. The van der Waals surface area contributed by atoms with Crippen molar-refractivity contribution in [3.8, 4) is 11.3 Å². The number of nitrogens with zero attached hydrogens (tertiary/aromatic N) is 1. The van der Waals surface area contributed by atoms with Gasteiger partial charge in [-0.25, -0.2) is 4.98 Å². The SMILES string of the molecule is CC(C)c1ccc(-c2nc(Br)[nH]c2CCN)cc1. The average molecular weight is 308 g/mol. The van der Waals surface area contributed by atoms with Crippen LogP contribution in [-0.4, -0.2) is 16.5 Å². The van der Waals surface area contributed by atoms with Crippen molar-refractivity contribution in [2.24, 2.45) is 5.73 Å². The molecule has 0 saturated carbocycles. The van der Waals surface area contributed by atoms with Gasteiger partial charge in [-0.1, -0.05) is 38.1 Å². The van der Waals surface area contributed by atoms with Crippen molar-refractivity contribution in [2.45, 2.75) is 26.2 Å². The Hall–Kier alpha value is -1.13. The van der Waals surface area contributed by atoms with E-state index >= 15 is 0 Å². The van der Waals surface area contributed by atoms with E-state index in [9.17, 15) is 0 Å². The van der Waals surface area contributed by atoms with Crippen LogP contribution in [-0.2, 0) is 6.42 Å². The first-order valence-electron chi connectivity index (χ1n) is 6.16. The van der Waals surface area contributed by atoms with Gasteiger partial charge in [-0.05, 0) is 34.0 Å². The maximum Gasteiger partial charge on any atom is 0.175 e. The van der Waals surface area contributed by atoms with E-state index in [1.165, 1.54) is 5.56 Å². The molecule has 0 aliphatic heterocycles. The van der Waals surface area contributed by atoms with Crippen molar-refractivity contribution in [2.75, 3.05) is 6.54 Å². The van der Waals surface area contributed by atoms with Crippen molar-refractivity contribution >= 4 is 15.9 Å². The number of aromatic amines is 1. The number of imidazole rings is 1. The van der Waals surface area contributed by atoms with E-state index in [4.69, 9.17) is 5.73 Å². The van der Waals surface area contributed by atoms with Gasteiger partial charge in [-0.3, -0.25) is 0 Å². The third kappa shape index (κ3) is 2.82. The fourth-order valence-corrected chi connectivity index (χ4v) is 2.38. The molecule has 0 aliphatic carbocycles. The second kappa shape index (κ2) is 5.67. The third-order valence-electron chi connectivity index (χ3n) is 2.99. The standard InChI is InChI=1S/C14H18BrN3/c1-9(2)10-3-5-11(6-4-10)13-12(7-8-16)17-14(15)18-13/h3-6,9H,7-8,16H2,1-2H3,(H,17,18). The topological polar surface area (TPSA) is 54.7 Å². The fraction of sp³-hybridized carbons (Fsp3) is 0.357. The number of aromatic nitrogens is 2. The van der Waals surface area contributed by atoms with Gasteiger partial charge in [-0.2, -0.15) is 0 Å². The van der Waals surface area contributed by atoms with Crippen molar-refractivity contribution in [1.29, 1.82) is 0 Å². The van der Waals surface area contributed by atoms with Crippen LogP contribution < -0.4 is 5.73 Å². The summed E-state index contributed by atoms with van der Waals surface area (Å²) in [6.07, 6.45) is 0.805. The summed E-state index contributed by atoms with van der Waals surface area (Å²) >= 11 is 3.38. The molecule has 3 N–H and O–H groups in total. The first kappa shape index (κ1) is 13.3. The highest BCUT2D eigenvalue weighted by atomic mass is 79.9. The van der Waals surface area contributed by atoms with E-state index in [1.807, 2.05) is 0 Å². The molecule has 1 aromatic carbocycles. The third-order valence-corrected chi connectivity index (χ3v) is 3.37. The lowest BCUT2D eigenvalue weighted by molar-refractivity contribution is 0.867. The van der Waals surface area contributed by atoms with Gasteiger partial charge in [0.2, 0.25) is 0 Å². The van der Waals surface area contributed by atoms with Crippen LogP contribution in [0.3, 0.4) is 0 Å². The lowest BCUT2D eigenvalue weighted by atomic mass is 10.00. The summed E-state index contributed by atoms with van der Waals surface area (Å²) in [7, 11) is 0. The predicted molar refractivity (Wildman–Crippen MR) is 78.6 cm³/mol. The molecule has 0 atom stereocenters. The number of nitrogens with one attached hydrogen (secondary N) is 1. The maximum absolute atomic E-state index is 5.62. The summed E-state index contributed by atoms with van der Waals surface area (Å²) < 4.78 is 0.758. The summed E-state index contributed by atoms with van der Waals surface area (Å²) in [5.41, 5.74) is 10.2. The van der Waals surface area contributed by atoms with Gasteiger partial charge in [0.05, 0.1) is 5.69 Å². The molecule has 0 bridgehead atoms. The number of hydrogen-bond donors (Lipinski definition) is 2. The molecule has 0 radical (unpaired) electrons. The van der Waals surface area contributed by atoms with E-state index in [1.54, 1.807) is 0 Å². The number of rotatable bonds is 4. The zero-order valence-electron chi connectivity index (χ0n) is 10.7. The first-order chi connectivity index (χ1) is 8.61. The molecule has 96 valence electrons. The van der Waals surface area contributed by atoms with Crippen LogP contribution in [0.1, 0.15) is 31.0 Å². The van der Waals surface area contributed by atoms with E-state index in [0.717, 1.165) is 28.1 Å². The van der Waals surface area contributed by atoms with Crippen LogP contribution >= 0.6 is 15.9 Å². The Kier molecular flexibility index (Phi) is 4.19. The molecule has 0 amide bonds. The van der Waals surface area contributed by atoms with Crippen LogP contribution in [0.2, 0.25) is 0 Å².